The summed E-state index contributed by atoms with van der Waals surface area (Å²) in [5.74, 6) is 0.119. The number of allylic oxidation sites excluding steroid dienone is 2. The van der Waals surface area contributed by atoms with Crippen LogP contribution < -0.4 is 5.48 Å². The van der Waals surface area contributed by atoms with Gasteiger partial charge in [0.1, 0.15) is 0 Å². The van der Waals surface area contributed by atoms with Crippen LogP contribution in [0.5, 0.6) is 0 Å². The normalized spacial score (nSPS) is 20.6. The molecular formula is C22H30N2O2. The van der Waals surface area contributed by atoms with Crippen molar-refractivity contribution in [3.8, 4) is 0 Å². The molecule has 1 atom stereocenters. The van der Waals surface area contributed by atoms with Crippen molar-refractivity contribution >= 4 is 11.6 Å². The number of benzene rings is 1. The Labute approximate surface area is 156 Å². The van der Waals surface area contributed by atoms with Gasteiger partial charge in [-0.1, -0.05) is 32.9 Å². The number of carbonyl (C=O) groups excluding carboxylic acids is 1. The zero-order valence-electron chi connectivity index (χ0n) is 16.3. The van der Waals surface area contributed by atoms with Gasteiger partial charge in [-0.15, -0.1) is 0 Å². The van der Waals surface area contributed by atoms with Crippen molar-refractivity contribution in [1.29, 1.82) is 0 Å². The molecule has 1 aliphatic heterocycles. The van der Waals surface area contributed by atoms with E-state index in [9.17, 15) is 4.79 Å². The molecule has 1 aliphatic carbocycles. The van der Waals surface area contributed by atoms with Crippen LogP contribution >= 0.6 is 0 Å². The molecule has 140 valence electrons. The van der Waals surface area contributed by atoms with Gasteiger partial charge in [-0.05, 0) is 66.5 Å². The van der Waals surface area contributed by atoms with Crippen molar-refractivity contribution < 1.29 is 9.63 Å². The molecule has 1 aromatic carbocycles. The zero-order valence-corrected chi connectivity index (χ0v) is 16.3. The molecule has 0 saturated carbocycles. The van der Waals surface area contributed by atoms with Crippen molar-refractivity contribution in [1.82, 2.24) is 4.90 Å². The average Bonchev–Trinajstić information content (AvgIpc) is 2.82. The van der Waals surface area contributed by atoms with Gasteiger partial charge >= 0.3 is 0 Å². The van der Waals surface area contributed by atoms with Crippen LogP contribution in [-0.4, -0.2) is 30.5 Å². The monoisotopic (exact) mass is 354 g/mol. The molecule has 1 saturated heterocycles. The van der Waals surface area contributed by atoms with Crippen molar-refractivity contribution in [2.75, 3.05) is 19.1 Å². The minimum atomic E-state index is 0.0287. The van der Waals surface area contributed by atoms with Gasteiger partial charge in [-0.25, -0.2) is 0 Å². The lowest BCUT2D eigenvalue weighted by atomic mass is 9.80. The van der Waals surface area contributed by atoms with Gasteiger partial charge in [-0.2, -0.15) is 0 Å². The number of carbonyl (C=O) groups is 1. The lowest BCUT2D eigenvalue weighted by Crippen LogP contribution is -2.47. The largest absolute Gasteiger partial charge is 0.334 e. The fourth-order valence-electron chi connectivity index (χ4n) is 3.95. The van der Waals surface area contributed by atoms with Gasteiger partial charge in [0.2, 0.25) is 0 Å². The van der Waals surface area contributed by atoms with Crippen LogP contribution in [0.2, 0.25) is 0 Å². The Morgan fingerprint density at radius 1 is 1.12 bits per heavy atom. The maximum Gasteiger partial charge on any atom is 0.254 e. The van der Waals surface area contributed by atoms with Gasteiger partial charge in [0.05, 0.1) is 12.8 Å². The molecule has 3 rings (SSSR count). The van der Waals surface area contributed by atoms with Crippen LogP contribution in [0.25, 0.3) is 0 Å². The highest BCUT2D eigenvalue weighted by Gasteiger charge is 2.37. The summed E-state index contributed by atoms with van der Waals surface area (Å²) in [5.41, 5.74) is 7.29. The highest BCUT2D eigenvalue weighted by molar-refractivity contribution is 5.95. The van der Waals surface area contributed by atoms with E-state index in [1.165, 1.54) is 11.1 Å². The molecule has 1 heterocycles. The number of nitrogens with zero attached hydrogens (tertiary/aromatic N) is 1. The summed E-state index contributed by atoms with van der Waals surface area (Å²) < 4.78 is 0. The summed E-state index contributed by atoms with van der Waals surface area (Å²) >= 11 is 0. The number of rotatable bonds is 3. The summed E-state index contributed by atoms with van der Waals surface area (Å²) in [7, 11) is 1.58. The SMILES string of the molecule is CONc1ccc(C(=O)N2CCC3=CCCC=C3C[C@H]2C(C)(C)C)cc1. The van der Waals surface area contributed by atoms with E-state index in [2.05, 4.69) is 43.3 Å². The van der Waals surface area contributed by atoms with E-state index in [1.807, 2.05) is 24.3 Å². The van der Waals surface area contributed by atoms with Crippen LogP contribution in [0, 0.1) is 5.41 Å². The molecule has 2 aliphatic rings. The van der Waals surface area contributed by atoms with Crippen molar-refractivity contribution in [2.45, 2.75) is 52.5 Å². The van der Waals surface area contributed by atoms with Crippen molar-refractivity contribution in [3.63, 3.8) is 0 Å². The second-order valence-electron chi connectivity index (χ2n) is 8.25. The molecule has 4 heteroatoms. The predicted octanol–water partition coefficient (Wildman–Crippen LogP) is 4.96. The fourth-order valence-corrected chi connectivity index (χ4v) is 3.95. The lowest BCUT2D eigenvalue weighted by Gasteiger charge is -2.39. The van der Waals surface area contributed by atoms with E-state index in [-0.39, 0.29) is 17.4 Å². The highest BCUT2D eigenvalue weighted by Crippen LogP contribution is 2.38. The van der Waals surface area contributed by atoms with Gasteiger partial charge in [0.15, 0.2) is 0 Å². The Hall–Kier alpha value is -2.07. The Morgan fingerprint density at radius 2 is 1.77 bits per heavy atom. The predicted molar refractivity (Wildman–Crippen MR) is 106 cm³/mol. The highest BCUT2D eigenvalue weighted by atomic mass is 16.6. The quantitative estimate of drug-likeness (QED) is 0.780. The first kappa shape index (κ1) is 18.7. The number of nitrogens with one attached hydrogen (secondary N) is 1. The molecule has 1 aromatic rings. The Kier molecular flexibility index (Phi) is 5.52. The Morgan fingerprint density at radius 3 is 2.38 bits per heavy atom. The second-order valence-corrected chi connectivity index (χ2v) is 8.25. The van der Waals surface area contributed by atoms with Gasteiger partial charge < -0.3 is 4.90 Å². The minimum Gasteiger partial charge on any atom is -0.334 e. The molecule has 0 unspecified atom stereocenters. The first-order valence-corrected chi connectivity index (χ1v) is 9.48. The molecular weight excluding hydrogens is 324 g/mol. The van der Waals surface area contributed by atoms with E-state index in [4.69, 9.17) is 4.84 Å². The fraction of sp³-hybridized carbons (Fsp3) is 0.500. The van der Waals surface area contributed by atoms with E-state index in [0.717, 1.165) is 43.5 Å². The number of fused-ring (bicyclic) bond motifs is 1. The van der Waals surface area contributed by atoms with Crippen molar-refractivity contribution in [2.24, 2.45) is 5.41 Å². The van der Waals surface area contributed by atoms with E-state index in [0.29, 0.717) is 0 Å². The van der Waals surface area contributed by atoms with E-state index >= 15 is 0 Å². The maximum absolute atomic E-state index is 13.3. The number of hydrogen-bond acceptors (Lipinski definition) is 3. The standard InChI is InChI=1S/C22H30N2O2/c1-22(2,3)20-15-18-8-6-5-7-16(18)13-14-24(20)21(25)17-9-11-19(12-10-17)23-26-4/h7-12,20,23H,5-6,13-15H2,1-4H3/t20-/m0/s1. The Bertz CT molecular complexity index is 711. The number of likely N-dealkylation sites (tertiary alicyclic amines) is 1. The topological polar surface area (TPSA) is 41.6 Å². The molecule has 26 heavy (non-hydrogen) atoms. The molecule has 1 amide bonds. The van der Waals surface area contributed by atoms with Crippen molar-refractivity contribution in [3.05, 3.63) is 53.1 Å². The van der Waals surface area contributed by atoms with Crippen LogP contribution in [0.15, 0.2) is 47.6 Å². The number of hydrogen-bond donors (Lipinski definition) is 1. The molecule has 0 aromatic heterocycles. The lowest BCUT2D eigenvalue weighted by molar-refractivity contribution is 0.0536. The molecule has 1 fully saturated rings. The summed E-state index contributed by atoms with van der Waals surface area (Å²) in [6.45, 7) is 7.49. The van der Waals surface area contributed by atoms with Crippen LogP contribution in [0.1, 0.15) is 56.8 Å². The summed E-state index contributed by atoms with van der Waals surface area (Å²) in [5, 5.41) is 0. The van der Waals surface area contributed by atoms with Crippen LogP contribution in [0.3, 0.4) is 0 Å². The van der Waals surface area contributed by atoms with Crippen LogP contribution in [-0.2, 0) is 4.84 Å². The first-order chi connectivity index (χ1) is 12.4. The summed E-state index contributed by atoms with van der Waals surface area (Å²) in [6, 6.07) is 7.71. The summed E-state index contributed by atoms with van der Waals surface area (Å²) in [4.78, 5) is 20.3. The third-order valence-electron chi connectivity index (χ3n) is 5.38. The van der Waals surface area contributed by atoms with Crippen LogP contribution in [0.4, 0.5) is 5.69 Å². The van der Waals surface area contributed by atoms with E-state index < -0.39 is 0 Å². The first-order valence-electron chi connectivity index (χ1n) is 9.48. The molecule has 4 nitrogen and oxygen atoms in total. The Balaban J connectivity index is 1.88. The second kappa shape index (κ2) is 7.67. The number of amides is 1. The zero-order chi connectivity index (χ0) is 18.7. The average molecular weight is 354 g/mol. The smallest absolute Gasteiger partial charge is 0.254 e. The van der Waals surface area contributed by atoms with Gasteiger partial charge in [-0.3, -0.25) is 15.1 Å². The van der Waals surface area contributed by atoms with Gasteiger partial charge in [0.25, 0.3) is 5.91 Å². The van der Waals surface area contributed by atoms with Gasteiger partial charge in [0, 0.05) is 18.2 Å². The van der Waals surface area contributed by atoms with E-state index in [1.54, 1.807) is 7.11 Å². The number of anilines is 1. The summed E-state index contributed by atoms with van der Waals surface area (Å²) in [6.07, 6.45) is 8.90. The molecule has 0 radical (unpaired) electrons. The molecule has 0 spiro atoms. The minimum absolute atomic E-state index is 0.0287. The third-order valence-corrected chi connectivity index (χ3v) is 5.38. The molecule has 0 bridgehead atoms. The third kappa shape index (κ3) is 4.01. The maximum atomic E-state index is 13.3. The molecule has 1 N–H and O–H groups in total.